The molecular weight excluding hydrogens is 301 g/mol. The van der Waals surface area contributed by atoms with Crippen LogP contribution in [-0.4, -0.2) is 11.9 Å². The van der Waals surface area contributed by atoms with Crippen LogP contribution in [0.2, 0.25) is 10.0 Å². The van der Waals surface area contributed by atoms with Crippen LogP contribution in [0.1, 0.15) is 5.56 Å². The predicted molar refractivity (Wildman–Crippen MR) is 78.0 cm³/mol. The third-order valence-electron chi connectivity index (χ3n) is 2.96. The highest BCUT2D eigenvalue weighted by molar-refractivity contribution is 6.33. The fourth-order valence-corrected chi connectivity index (χ4v) is 2.33. The number of anilines is 1. The van der Waals surface area contributed by atoms with Gasteiger partial charge < -0.3 is 19.9 Å². The lowest BCUT2D eigenvalue weighted by Gasteiger charge is -2.10. The Morgan fingerprint density at radius 3 is 2.55 bits per heavy atom. The first-order valence-electron chi connectivity index (χ1n) is 5.94. The van der Waals surface area contributed by atoms with Crippen molar-refractivity contribution < 1.29 is 14.6 Å². The molecule has 1 aliphatic heterocycles. The lowest BCUT2D eigenvalue weighted by Crippen LogP contribution is -2.00. The maximum Gasteiger partial charge on any atom is 0.231 e. The van der Waals surface area contributed by atoms with Crippen LogP contribution in [-0.2, 0) is 6.54 Å². The van der Waals surface area contributed by atoms with Crippen LogP contribution >= 0.6 is 23.2 Å². The Morgan fingerprint density at radius 1 is 1.05 bits per heavy atom. The molecule has 0 atom stereocenters. The van der Waals surface area contributed by atoms with E-state index in [4.69, 9.17) is 32.7 Å². The van der Waals surface area contributed by atoms with Crippen LogP contribution in [0.5, 0.6) is 17.2 Å². The Morgan fingerprint density at radius 2 is 1.80 bits per heavy atom. The fraction of sp³-hybridized carbons (Fsp3) is 0.143. The molecule has 0 unspecified atom stereocenters. The number of hydrogen-bond acceptors (Lipinski definition) is 4. The van der Waals surface area contributed by atoms with E-state index in [-0.39, 0.29) is 12.5 Å². The number of rotatable bonds is 3. The molecule has 2 aromatic rings. The minimum Gasteiger partial charge on any atom is -0.506 e. The Balaban J connectivity index is 1.76. The van der Waals surface area contributed by atoms with Gasteiger partial charge in [0.05, 0.1) is 15.7 Å². The van der Waals surface area contributed by atoms with Crippen molar-refractivity contribution in [2.45, 2.75) is 6.54 Å². The molecule has 0 aromatic heterocycles. The number of benzene rings is 2. The van der Waals surface area contributed by atoms with Gasteiger partial charge in [0.1, 0.15) is 5.75 Å². The second-order valence-electron chi connectivity index (χ2n) is 4.32. The van der Waals surface area contributed by atoms with Crippen molar-refractivity contribution >= 4 is 28.9 Å². The monoisotopic (exact) mass is 311 g/mol. The van der Waals surface area contributed by atoms with Gasteiger partial charge in [-0.25, -0.2) is 0 Å². The molecule has 0 aliphatic carbocycles. The molecule has 2 aromatic carbocycles. The number of phenols is 1. The number of nitrogens with one attached hydrogen (secondary N) is 1. The third kappa shape index (κ3) is 2.57. The molecular formula is C14H11Cl2NO3. The van der Waals surface area contributed by atoms with Crippen molar-refractivity contribution in [3.05, 3.63) is 45.9 Å². The Bertz CT molecular complexity index is 661. The summed E-state index contributed by atoms with van der Waals surface area (Å²) in [5.74, 6) is 1.38. The number of ether oxygens (including phenoxy) is 2. The summed E-state index contributed by atoms with van der Waals surface area (Å²) in [5, 5.41) is 13.4. The first kappa shape index (κ1) is 13.2. The first-order chi connectivity index (χ1) is 9.63. The minimum atomic E-state index is 0.0662. The highest BCUT2D eigenvalue weighted by Gasteiger charge is 2.16. The molecule has 20 heavy (non-hydrogen) atoms. The van der Waals surface area contributed by atoms with E-state index >= 15 is 0 Å². The van der Waals surface area contributed by atoms with Crippen molar-refractivity contribution in [1.29, 1.82) is 0 Å². The van der Waals surface area contributed by atoms with Crippen LogP contribution in [0.3, 0.4) is 0 Å². The van der Waals surface area contributed by atoms with E-state index in [0.29, 0.717) is 28.1 Å². The van der Waals surface area contributed by atoms with Gasteiger partial charge in [-0.3, -0.25) is 0 Å². The Labute approximate surface area is 125 Å². The maximum atomic E-state index is 9.37. The second-order valence-corrected chi connectivity index (χ2v) is 5.14. The van der Waals surface area contributed by atoms with E-state index < -0.39 is 0 Å². The van der Waals surface area contributed by atoms with E-state index in [1.165, 1.54) is 0 Å². The van der Waals surface area contributed by atoms with Gasteiger partial charge in [-0.05, 0) is 17.7 Å². The summed E-state index contributed by atoms with van der Waals surface area (Å²) in [6.07, 6.45) is 0. The average Bonchev–Trinajstić information content (AvgIpc) is 2.87. The average molecular weight is 312 g/mol. The van der Waals surface area contributed by atoms with Gasteiger partial charge in [-0.1, -0.05) is 29.3 Å². The fourth-order valence-electron chi connectivity index (χ4n) is 1.91. The molecule has 0 bridgehead atoms. The maximum absolute atomic E-state index is 9.37. The topological polar surface area (TPSA) is 50.7 Å². The van der Waals surface area contributed by atoms with Gasteiger partial charge in [0.2, 0.25) is 6.79 Å². The molecule has 6 heteroatoms. The number of hydrogen-bond donors (Lipinski definition) is 2. The van der Waals surface area contributed by atoms with Crippen molar-refractivity contribution in [3.63, 3.8) is 0 Å². The number of fused-ring (bicyclic) bond motifs is 1. The Kier molecular flexibility index (Phi) is 3.51. The molecule has 0 fully saturated rings. The van der Waals surface area contributed by atoms with E-state index in [0.717, 1.165) is 11.3 Å². The summed E-state index contributed by atoms with van der Waals surface area (Å²) in [5.41, 5.74) is 1.68. The molecule has 0 spiro atoms. The molecule has 2 N–H and O–H groups in total. The molecule has 0 amide bonds. The molecule has 0 radical (unpaired) electrons. The van der Waals surface area contributed by atoms with Crippen LogP contribution in [0.15, 0.2) is 30.3 Å². The highest BCUT2D eigenvalue weighted by Crippen LogP contribution is 2.39. The lowest BCUT2D eigenvalue weighted by molar-refractivity contribution is 0.174. The molecule has 1 aliphatic rings. The SMILES string of the molecule is Oc1ccc(CNc2cc3c(cc2Cl)OCO3)cc1Cl. The molecule has 0 saturated heterocycles. The molecule has 4 nitrogen and oxygen atoms in total. The van der Waals surface area contributed by atoms with Gasteiger partial charge in [-0.15, -0.1) is 0 Å². The largest absolute Gasteiger partial charge is 0.506 e. The summed E-state index contributed by atoms with van der Waals surface area (Å²) in [4.78, 5) is 0. The molecule has 1 heterocycles. The van der Waals surface area contributed by atoms with E-state index in [2.05, 4.69) is 5.32 Å². The van der Waals surface area contributed by atoms with E-state index in [9.17, 15) is 5.11 Å². The van der Waals surface area contributed by atoms with Crippen molar-refractivity contribution in [2.24, 2.45) is 0 Å². The third-order valence-corrected chi connectivity index (χ3v) is 3.57. The molecule has 104 valence electrons. The first-order valence-corrected chi connectivity index (χ1v) is 6.69. The van der Waals surface area contributed by atoms with Gasteiger partial charge >= 0.3 is 0 Å². The standard InChI is InChI=1S/C14H11Cl2NO3/c15-9-4-13-14(20-7-19-13)5-11(9)17-6-8-1-2-12(18)10(16)3-8/h1-5,17-18H,6-7H2. The predicted octanol–water partition coefficient (Wildman–Crippen LogP) is 4.04. The van der Waals surface area contributed by atoms with Crippen LogP contribution in [0.4, 0.5) is 5.69 Å². The number of aromatic hydroxyl groups is 1. The van der Waals surface area contributed by atoms with Crippen molar-refractivity contribution in [3.8, 4) is 17.2 Å². The lowest BCUT2D eigenvalue weighted by atomic mass is 10.2. The summed E-state index contributed by atoms with van der Waals surface area (Å²) >= 11 is 12.0. The smallest absolute Gasteiger partial charge is 0.231 e. The van der Waals surface area contributed by atoms with Crippen LogP contribution in [0.25, 0.3) is 0 Å². The summed E-state index contributed by atoms with van der Waals surface area (Å²) in [7, 11) is 0. The quantitative estimate of drug-likeness (QED) is 0.898. The molecule has 3 rings (SSSR count). The zero-order valence-electron chi connectivity index (χ0n) is 10.3. The summed E-state index contributed by atoms with van der Waals surface area (Å²) < 4.78 is 10.6. The Hall–Kier alpha value is -1.78. The normalized spacial score (nSPS) is 12.5. The minimum absolute atomic E-state index is 0.0662. The van der Waals surface area contributed by atoms with Crippen molar-refractivity contribution in [2.75, 3.05) is 12.1 Å². The van der Waals surface area contributed by atoms with Crippen molar-refractivity contribution in [1.82, 2.24) is 0 Å². The second kappa shape index (κ2) is 5.31. The van der Waals surface area contributed by atoms with Gasteiger partial charge in [-0.2, -0.15) is 0 Å². The van der Waals surface area contributed by atoms with Gasteiger partial charge in [0, 0.05) is 18.7 Å². The zero-order chi connectivity index (χ0) is 14.1. The number of phenolic OH excluding ortho intramolecular Hbond substituents is 1. The number of halogens is 2. The molecule has 0 saturated carbocycles. The zero-order valence-corrected chi connectivity index (χ0v) is 11.8. The van der Waals surface area contributed by atoms with E-state index in [1.807, 2.05) is 0 Å². The van der Waals surface area contributed by atoms with Crippen LogP contribution in [0, 0.1) is 0 Å². The summed E-state index contributed by atoms with van der Waals surface area (Å²) in [6, 6.07) is 8.56. The van der Waals surface area contributed by atoms with Gasteiger partial charge in [0.15, 0.2) is 11.5 Å². The highest BCUT2D eigenvalue weighted by atomic mass is 35.5. The van der Waals surface area contributed by atoms with Crippen LogP contribution < -0.4 is 14.8 Å². The summed E-state index contributed by atoms with van der Waals surface area (Å²) in [6.45, 7) is 0.738. The van der Waals surface area contributed by atoms with E-state index in [1.54, 1.807) is 30.3 Å². The van der Waals surface area contributed by atoms with Gasteiger partial charge in [0.25, 0.3) is 0 Å².